The molecule has 0 amide bonds. The normalized spacial score (nSPS) is 12.1. The van der Waals surface area contributed by atoms with Crippen LogP contribution in [-0.2, 0) is 0 Å². The van der Waals surface area contributed by atoms with Crippen molar-refractivity contribution in [3.63, 3.8) is 0 Å². The highest BCUT2D eigenvalue weighted by atomic mass is 35.5. The summed E-state index contributed by atoms with van der Waals surface area (Å²) in [5, 5.41) is 5.22. The van der Waals surface area contributed by atoms with E-state index in [0.29, 0.717) is 15.1 Å². The Kier molecular flexibility index (Phi) is 5.03. The van der Waals surface area contributed by atoms with Gasteiger partial charge in [0.15, 0.2) is 0 Å². The molecule has 0 fully saturated rings. The first-order chi connectivity index (χ1) is 9.51. The van der Waals surface area contributed by atoms with Crippen molar-refractivity contribution >= 4 is 40.5 Å². The van der Waals surface area contributed by atoms with Crippen molar-refractivity contribution in [1.29, 1.82) is 0 Å². The highest BCUT2D eigenvalue weighted by Crippen LogP contribution is 2.33. The number of benzene rings is 2. The van der Waals surface area contributed by atoms with Gasteiger partial charge in [-0.05, 0) is 42.8 Å². The van der Waals surface area contributed by atoms with E-state index in [0.717, 1.165) is 17.0 Å². The molecule has 2 aromatic carbocycles. The van der Waals surface area contributed by atoms with Gasteiger partial charge in [-0.3, -0.25) is 0 Å². The number of ether oxygens (including phenoxy) is 1. The molecule has 2 nitrogen and oxygen atoms in total. The van der Waals surface area contributed by atoms with Crippen molar-refractivity contribution in [2.45, 2.75) is 13.0 Å². The Labute approximate surface area is 133 Å². The van der Waals surface area contributed by atoms with Gasteiger partial charge in [-0.2, -0.15) is 0 Å². The summed E-state index contributed by atoms with van der Waals surface area (Å²) in [6, 6.07) is 10.9. The predicted molar refractivity (Wildman–Crippen MR) is 86.5 cm³/mol. The maximum absolute atomic E-state index is 6.21. The maximum atomic E-state index is 6.21. The summed E-state index contributed by atoms with van der Waals surface area (Å²) in [5.74, 6) is 0.728. The molecule has 5 heteroatoms. The molecule has 0 aliphatic carbocycles. The van der Waals surface area contributed by atoms with Crippen LogP contribution in [0.25, 0.3) is 0 Å². The molecule has 1 N–H and O–H groups in total. The Balaban J connectivity index is 2.27. The first kappa shape index (κ1) is 15.3. The SMILES string of the molecule is COc1ccc(Cl)cc1NC(C)c1ccc(Cl)cc1Cl. The number of methoxy groups -OCH3 is 1. The molecular formula is C15H14Cl3NO. The quantitative estimate of drug-likeness (QED) is 0.761. The molecule has 0 saturated heterocycles. The molecule has 0 aromatic heterocycles. The van der Waals surface area contributed by atoms with Crippen LogP contribution in [0.2, 0.25) is 15.1 Å². The summed E-state index contributed by atoms with van der Waals surface area (Å²) in [6.07, 6.45) is 0. The lowest BCUT2D eigenvalue weighted by Gasteiger charge is -2.19. The largest absolute Gasteiger partial charge is 0.495 e. The van der Waals surface area contributed by atoms with E-state index in [1.54, 1.807) is 19.2 Å². The molecule has 0 aliphatic rings. The van der Waals surface area contributed by atoms with Gasteiger partial charge in [-0.15, -0.1) is 0 Å². The fourth-order valence-electron chi connectivity index (χ4n) is 1.96. The number of hydrogen-bond acceptors (Lipinski definition) is 2. The summed E-state index contributed by atoms with van der Waals surface area (Å²) >= 11 is 18.1. The second-order valence-electron chi connectivity index (χ2n) is 4.38. The number of anilines is 1. The van der Waals surface area contributed by atoms with Crippen LogP contribution in [0.5, 0.6) is 5.75 Å². The van der Waals surface area contributed by atoms with Gasteiger partial charge in [0.05, 0.1) is 18.8 Å². The van der Waals surface area contributed by atoms with Gasteiger partial charge in [-0.1, -0.05) is 40.9 Å². The van der Waals surface area contributed by atoms with Crippen LogP contribution in [0, 0.1) is 0 Å². The molecule has 1 unspecified atom stereocenters. The summed E-state index contributed by atoms with van der Waals surface area (Å²) < 4.78 is 5.31. The van der Waals surface area contributed by atoms with Gasteiger partial charge in [0.25, 0.3) is 0 Å². The van der Waals surface area contributed by atoms with Crippen LogP contribution >= 0.6 is 34.8 Å². The van der Waals surface area contributed by atoms with E-state index in [2.05, 4.69) is 5.32 Å². The number of nitrogens with one attached hydrogen (secondary N) is 1. The van der Waals surface area contributed by atoms with E-state index in [9.17, 15) is 0 Å². The van der Waals surface area contributed by atoms with Crippen LogP contribution in [-0.4, -0.2) is 7.11 Å². The molecule has 0 bridgehead atoms. The van der Waals surface area contributed by atoms with Gasteiger partial charge in [0.1, 0.15) is 5.75 Å². The fourth-order valence-corrected chi connectivity index (χ4v) is 2.70. The fraction of sp³-hybridized carbons (Fsp3) is 0.200. The van der Waals surface area contributed by atoms with E-state index in [1.165, 1.54) is 0 Å². The Bertz CT molecular complexity index is 616. The molecule has 2 rings (SSSR count). The summed E-state index contributed by atoms with van der Waals surface area (Å²) in [4.78, 5) is 0. The van der Waals surface area contributed by atoms with Crippen LogP contribution < -0.4 is 10.1 Å². The van der Waals surface area contributed by atoms with Crippen molar-refractivity contribution in [1.82, 2.24) is 0 Å². The predicted octanol–water partition coefficient (Wildman–Crippen LogP) is 5.83. The van der Waals surface area contributed by atoms with Crippen molar-refractivity contribution in [3.05, 3.63) is 57.0 Å². The molecule has 1 atom stereocenters. The van der Waals surface area contributed by atoms with E-state index in [1.807, 2.05) is 31.2 Å². The minimum absolute atomic E-state index is 0.00728. The molecule has 0 aliphatic heterocycles. The van der Waals surface area contributed by atoms with E-state index >= 15 is 0 Å². The summed E-state index contributed by atoms with van der Waals surface area (Å²) in [5.41, 5.74) is 1.77. The molecular weight excluding hydrogens is 317 g/mol. The lowest BCUT2D eigenvalue weighted by Crippen LogP contribution is -2.08. The Morgan fingerprint density at radius 1 is 1.00 bits per heavy atom. The third-order valence-electron chi connectivity index (χ3n) is 2.96. The zero-order chi connectivity index (χ0) is 14.7. The van der Waals surface area contributed by atoms with E-state index < -0.39 is 0 Å². The van der Waals surface area contributed by atoms with E-state index in [4.69, 9.17) is 39.5 Å². The lowest BCUT2D eigenvalue weighted by atomic mass is 10.1. The second-order valence-corrected chi connectivity index (χ2v) is 5.66. The first-order valence-corrected chi connectivity index (χ1v) is 7.19. The van der Waals surface area contributed by atoms with Gasteiger partial charge in [0.2, 0.25) is 0 Å². The molecule has 0 radical (unpaired) electrons. The Morgan fingerprint density at radius 3 is 2.30 bits per heavy atom. The van der Waals surface area contributed by atoms with E-state index in [-0.39, 0.29) is 6.04 Å². The average molecular weight is 331 g/mol. The monoisotopic (exact) mass is 329 g/mol. The third-order valence-corrected chi connectivity index (χ3v) is 3.76. The molecule has 2 aromatic rings. The Morgan fingerprint density at radius 2 is 1.65 bits per heavy atom. The molecule has 20 heavy (non-hydrogen) atoms. The first-order valence-electron chi connectivity index (χ1n) is 6.06. The van der Waals surface area contributed by atoms with Gasteiger partial charge >= 0.3 is 0 Å². The highest BCUT2D eigenvalue weighted by Gasteiger charge is 2.12. The molecule has 0 spiro atoms. The maximum Gasteiger partial charge on any atom is 0.142 e. The van der Waals surface area contributed by atoms with Crippen molar-refractivity contribution in [3.8, 4) is 5.75 Å². The zero-order valence-corrected chi connectivity index (χ0v) is 13.4. The highest BCUT2D eigenvalue weighted by molar-refractivity contribution is 6.35. The van der Waals surface area contributed by atoms with Gasteiger partial charge in [-0.25, -0.2) is 0 Å². The Hall–Kier alpha value is -1.09. The molecule has 0 saturated carbocycles. The van der Waals surface area contributed by atoms with Crippen molar-refractivity contribution < 1.29 is 4.74 Å². The van der Waals surface area contributed by atoms with Crippen LogP contribution in [0.15, 0.2) is 36.4 Å². The third kappa shape index (κ3) is 3.51. The lowest BCUT2D eigenvalue weighted by molar-refractivity contribution is 0.416. The van der Waals surface area contributed by atoms with Crippen LogP contribution in [0.3, 0.4) is 0 Å². The summed E-state index contributed by atoms with van der Waals surface area (Å²) in [7, 11) is 1.62. The van der Waals surface area contributed by atoms with Crippen LogP contribution in [0.4, 0.5) is 5.69 Å². The topological polar surface area (TPSA) is 21.3 Å². The number of hydrogen-bond donors (Lipinski definition) is 1. The molecule has 0 heterocycles. The van der Waals surface area contributed by atoms with Gasteiger partial charge in [0, 0.05) is 15.1 Å². The minimum atomic E-state index is -0.00728. The van der Waals surface area contributed by atoms with Gasteiger partial charge < -0.3 is 10.1 Å². The number of rotatable bonds is 4. The van der Waals surface area contributed by atoms with Crippen molar-refractivity contribution in [2.24, 2.45) is 0 Å². The number of halogens is 3. The molecule has 106 valence electrons. The van der Waals surface area contributed by atoms with Crippen LogP contribution in [0.1, 0.15) is 18.5 Å². The summed E-state index contributed by atoms with van der Waals surface area (Å²) in [6.45, 7) is 2.01. The zero-order valence-electron chi connectivity index (χ0n) is 11.1. The second kappa shape index (κ2) is 6.57. The smallest absolute Gasteiger partial charge is 0.142 e. The average Bonchev–Trinajstić information content (AvgIpc) is 2.38. The minimum Gasteiger partial charge on any atom is -0.495 e. The van der Waals surface area contributed by atoms with Crippen molar-refractivity contribution in [2.75, 3.05) is 12.4 Å². The standard InChI is InChI=1S/C15H14Cl3NO/c1-9(12-5-3-10(16)7-13(12)18)19-14-8-11(17)4-6-15(14)20-2/h3-9,19H,1-2H3.